The molecule has 3 rings (SSSR count). The number of phenolic OH excluding ortho intramolecular Hbond substituents is 1. The van der Waals surface area contributed by atoms with Crippen LogP contribution in [0.15, 0.2) is 46.9 Å². The van der Waals surface area contributed by atoms with Gasteiger partial charge < -0.3 is 9.52 Å². The molecule has 0 radical (unpaired) electrons. The zero-order valence-corrected chi connectivity index (χ0v) is 9.77. The van der Waals surface area contributed by atoms with Gasteiger partial charge in [-0.3, -0.25) is 0 Å². The van der Waals surface area contributed by atoms with Gasteiger partial charge in [-0.15, -0.1) is 0 Å². The molecule has 0 atom stereocenters. The number of rotatable bonds is 1. The molecule has 3 aromatic rings. The molecule has 0 unspecified atom stereocenters. The van der Waals surface area contributed by atoms with Crippen LogP contribution in [0.2, 0.25) is 0 Å². The maximum Gasteiger partial charge on any atom is 0.170 e. The molecule has 0 amide bonds. The monoisotopic (exact) mass is 242 g/mol. The number of hydrogen-bond donors (Lipinski definition) is 1. The van der Waals surface area contributed by atoms with E-state index in [0.29, 0.717) is 5.76 Å². The summed E-state index contributed by atoms with van der Waals surface area (Å²) in [5.41, 5.74) is 2.00. The molecule has 0 spiro atoms. The molecule has 18 heavy (non-hydrogen) atoms. The Labute approximate surface area is 103 Å². The third-order valence-corrected chi connectivity index (χ3v) is 2.97. The zero-order valence-electron chi connectivity index (χ0n) is 9.77. The molecule has 3 heteroatoms. The van der Waals surface area contributed by atoms with Crippen LogP contribution in [0.1, 0.15) is 5.56 Å². The Hall–Kier alpha value is -2.29. The minimum Gasteiger partial charge on any atom is -0.508 e. The van der Waals surface area contributed by atoms with Gasteiger partial charge in [-0.25, -0.2) is 4.39 Å². The van der Waals surface area contributed by atoms with Crippen LogP contribution in [-0.4, -0.2) is 5.11 Å². The topological polar surface area (TPSA) is 33.4 Å². The van der Waals surface area contributed by atoms with Crippen LogP contribution >= 0.6 is 0 Å². The van der Waals surface area contributed by atoms with Gasteiger partial charge in [0.15, 0.2) is 11.4 Å². The highest BCUT2D eigenvalue weighted by Gasteiger charge is 2.11. The molecule has 1 aromatic heterocycles. The molecule has 0 saturated heterocycles. The average molecular weight is 242 g/mol. The quantitative estimate of drug-likeness (QED) is 0.691. The Balaban J connectivity index is 2.23. The predicted octanol–water partition coefficient (Wildman–Crippen LogP) is 4.25. The van der Waals surface area contributed by atoms with Gasteiger partial charge in [-0.1, -0.05) is 12.1 Å². The van der Waals surface area contributed by atoms with E-state index in [2.05, 4.69) is 0 Å². The van der Waals surface area contributed by atoms with Gasteiger partial charge >= 0.3 is 0 Å². The number of halogens is 1. The number of benzene rings is 2. The third kappa shape index (κ3) is 1.64. The van der Waals surface area contributed by atoms with E-state index in [1.165, 1.54) is 6.07 Å². The van der Waals surface area contributed by atoms with Gasteiger partial charge in [0.2, 0.25) is 0 Å². The molecular formula is C15H11FO2. The second-order valence-corrected chi connectivity index (χ2v) is 4.27. The Kier molecular flexibility index (Phi) is 2.33. The second kappa shape index (κ2) is 3.88. The van der Waals surface area contributed by atoms with Gasteiger partial charge in [0.05, 0.1) is 0 Å². The van der Waals surface area contributed by atoms with E-state index in [9.17, 15) is 9.50 Å². The van der Waals surface area contributed by atoms with Crippen molar-refractivity contribution in [3.05, 3.63) is 53.8 Å². The van der Waals surface area contributed by atoms with Crippen molar-refractivity contribution >= 4 is 11.0 Å². The van der Waals surface area contributed by atoms with E-state index in [0.717, 1.165) is 16.5 Å². The maximum absolute atomic E-state index is 13.5. The summed E-state index contributed by atoms with van der Waals surface area (Å²) in [7, 11) is 0. The molecule has 0 aliphatic heterocycles. The minimum absolute atomic E-state index is 0.207. The molecule has 2 aromatic carbocycles. The number of aromatic hydroxyl groups is 1. The first-order chi connectivity index (χ1) is 8.65. The second-order valence-electron chi connectivity index (χ2n) is 4.27. The predicted molar refractivity (Wildman–Crippen MR) is 68.0 cm³/mol. The normalized spacial score (nSPS) is 11.0. The summed E-state index contributed by atoms with van der Waals surface area (Å²) in [6.45, 7) is 1.87. The van der Waals surface area contributed by atoms with Crippen LogP contribution in [0.4, 0.5) is 4.39 Å². The number of fused-ring (bicyclic) bond motifs is 1. The van der Waals surface area contributed by atoms with Crippen molar-refractivity contribution in [2.45, 2.75) is 6.92 Å². The third-order valence-electron chi connectivity index (χ3n) is 2.97. The summed E-state index contributed by atoms with van der Waals surface area (Å²) in [5, 5.41) is 10.1. The highest BCUT2D eigenvalue weighted by atomic mass is 19.1. The summed E-state index contributed by atoms with van der Waals surface area (Å²) in [6, 6.07) is 11.6. The smallest absolute Gasteiger partial charge is 0.170 e. The van der Waals surface area contributed by atoms with Gasteiger partial charge in [-0.05, 0) is 42.8 Å². The van der Waals surface area contributed by atoms with Crippen molar-refractivity contribution in [1.29, 1.82) is 0 Å². The Bertz CT molecular complexity index is 728. The molecule has 0 aliphatic carbocycles. The van der Waals surface area contributed by atoms with E-state index in [1.54, 1.807) is 36.4 Å². The molecule has 1 heterocycles. The Morgan fingerprint density at radius 2 is 1.94 bits per heavy atom. The standard InChI is InChI=1S/C15H11FO2/c1-9-7-11(17)5-6-12(9)14-8-10-3-2-4-13(16)15(10)18-14/h2-8,17H,1H3. The van der Waals surface area contributed by atoms with Crippen molar-refractivity contribution < 1.29 is 13.9 Å². The summed E-state index contributed by atoms with van der Waals surface area (Å²) in [6.07, 6.45) is 0. The minimum atomic E-state index is -0.366. The molecule has 0 bridgehead atoms. The largest absolute Gasteiger partial charge is 0.508 e. The number of aryl methyl sites for hydroxylation is 1. The summed E-state index contributed by atoms with van der Waals surface area (Å²) in [5.74, 6) is 0.446. The van der Waals surface area contributed by atoms with Gasteiger partial charge in [-0.2, -0.15) is 0 Å². The van der Waals surface area contributed by atoms with E-state index < -0.39 is 0 Å². The van der Waals surface area contributed by atoms with Crippen molar-refractivity contribution in [1.82, 2.24) is 0 Å². The fourth-order valence-electron chi connectivity index (χ4n) is 2.08. The summed E-state index contributed by atoms with van der Waals surface area (Å²) in [4.78, 5) is 0. The molecule has 0 aliphatic rings. The Morgan fingerprint density at radius 1 is 1.11 bits per heavy atom. The zero-order chi connectivity index (χ0) is 12.7. The highest BCUT2D eigenvalue weighted by molar-refractivity contribution is 5.83. The van der Waals surface area contributed by atoms with E-state index >= 15 is 0 Å². The lowest BCUT2D eigenvalue weighted by atomic mass is 10.1. The maximum atomic E-state index is 13.5. The van der Waals surface area contributed by atoms with E-state index in [-0.39, 0.29) is 17.1 Å². The first kappa shape index (κ1) is 10.8. The van der Waals surface area contributed by atoms with Crippen LogP contribution < -0.4 is 0 Å². The number of para-hydroxylation sites is 1. The van der Waals surface area contributed by atoms with Gasteiger partial charge in [0.25, 0.3) is 0 Å². The molecule has 0 fully saturated rings. The fourth-order valence-corrected chi connectivity index (χ4v) is 2.08. The van der Waals surface area contributed by atoms with Crippen molar-refractivity contribution in [3.63, 3.8) is 0 Å². The molecule has 2 nitrogen and oxygen atoms in total. The van der Waals surface area contributed by atoms with Crippen LogP contribution in [0.5, 0.6) is 5.75 Å². The van der Waals surface area contributed by atoms with Crippen LogP contribution in [0.3, 0.4) is 0 Å². The van der Waals surface area contributed by atoms with Crippen LogP contribution in [0.25, 0.3) is 22.3 Å². The Morgan fingerprint density at radius 3 is 2.67 bits per heavy atom. The summed E-state index contributed by atoms with van der Waals surface area (Å²) >= 11 is 0. The molecule has 90 valence electrons. The first-order valence-corrected chi connectivity index (χ1v) is 5.63. The number of phenols is 1. The van der Waals surface area contributed by atoms with Crippen LogP contribution in [-0.2, 0) is 0 Å². The average Bonchev–Trinajstić information content (AvgIpc) is 2.74. The fraction of sp³-hybridized carbons (Fsp3) is 0.0667. The molecular weight excluding hydrogens is 231 g/mol. The number of hydrogen-bond acceptors (Lipinski definition) is 2. The SMILES string of the molecule is Cc1cc(O)ccc1-c1cc2cccc(F)c2o1. The van der Waals surface area contributed by atoms with Crippen molar-refractivity contribution in [2.75, 3.05) is 0 Å². The van der Waals surface area contributed by atoms with Gasteiger partial charge in [0.1, 0.15) is 11.5 Å². The van der Waals surface area contributed by atoms with Crippen molar-refractivity contribution in [3.8, 4) is 17.1 Å². The highest BCUT2D eigenvalue weighted by Crippen LogP contribution is 2.32. The first-order valence-electron chi connectivity index (χ1n) is 5.63. The lowest BCUT2D eigenvalue weighted by Gasteiger charge is -2.02. The lowest BCUT2D eigenvalue weighted by Crippen LogP contribution is -1.79. The van der Waals surface area contributed by atoms with Crippen LogP contribution in [0, 0.1) is 12.7 Å². The lowest BCUT2D eigenvalue weighted by molar-refractivity contribution is 0.475. The van der Waals surface area contributed by atoms with Gasteiger partial charge in [0, 0.05) is 10.9 Å². The van der Waals surface area contributed by atoms with E-state index in [1.807, 2.05) is 6.92 Å². The van der Waals surface area contributed by atoms with E-state index in [4.69, 9.17) is 4.42 Å². The molecule has 0 saturated carbocycles. The molecule has 1 N–H and O–H groups in total. The number of furan rings is 1. The summed E-state index contributed by atoms with van der Waals surface area (Å²) < 4.78 is 19.1. The van der Waals surface area contributed by atoms with Crippen molar-refractivity contribution in [2.24, 2.45) is 0 Å².